The maximum atomic E-state index is 12.3. The lowest BCUT2D eigenvalue weighted by Crippen LogP contribution is -2.49. The minimum absolute atomic E-state index is 0.185. The minimum atomic E-state index is -0.444. The van der Waals surface area contributed by atoms with E-state index in [1.54, 1.807) is 4.90 Å². The average molecular weight is 562 g/mol. The zero-order valence-corrected chi connectivity index (χ0v) is 24.6. The van der Waals surface area contributed by atoms with Crippen molar-refractivity contribution in [3.63, 3.8) is 0 Å². The second kappa shape index (κ2) is 12.8. The first-order valence-corrected chi connectivity index (χ1v) is 14.7. The smallest absolute Gasteiger partial charge is 0.410 e. The van der Waals surface area contributed by atoms with Gasteiger partial charge in [-0.25, -0.2) is 9.59 Å². The third-order valence-corrected chi connectivity index (χ3v) is 8.44. The number of benzene rings is 1. The van der Waals surface area contributed by atoms with E-state index in [1.807, 2.05) is 43.9 Å². The Kier molecular flexibility index (Phi) is 9.64. The van der Waals surface area contributed by atoms with Gasteiger partial charge < -0.3 is 19.4 Å². The number of halogens is 1. The number of nitrogens with zero attached hydrogens (tertiary/aromatic N) is 4. The van der Waals surface area contributed by atoms with Gasteiger partial charge in [0.25, 0.3) is 0 Å². The molecule has 0 bridgehead atoms. The van der Waals surface area contributed by atoms with Gasteiger partial charge in [0.05, 0.1) is 10.7 Å². The van der Waals surface area contributed by atoms with Crippen LogP contribution in [0.3, 0.4) is 0 Å². The first-order valence-electron chi connectivity index (χ1n) is 14.3. The fourth-order valence-corrected chi connectivity index (χ4v) is 6.03. The number of hydrogen-bond donors (Lipinski definition) is 1. The number of likely N-dealkylation sites (tertiary alicyclic amines) is 1. The highest BCUT2D eigenvalue weighted by Gasteiger charge is 2.29. The maximum Gasteiger partial charge on any atom is 0.410 e. The molecule has 3 aliphatic heterocycles. The molecule has 1 N–H and O–H groups in total. The molecule has 0 atom stereocenters. The molecule has 1 aromatic rings. The highest BCUT2D eigenvalue weighted by Crippen LogP contribution is 2.33. The molecule has 39 heavy (non-hydrogen) atoms. The Hall–Kier alpha value is -2.52. The minimum Gasteiger partial charge on any atom is -0.444 e. The van der Waals surface area contributed by atoms with E-state index in [0.717, 1.165) is 64.1 Å². The van der Waals surface area contributed by atoms with E-state index in [4.69, 9.17) is 16.3 Å². The first kappa shape index (κ1) is 29.5. The molecule has 3 fully saturated rings. The van der Waals surface area contributed by atoms with Crippen molar-refractivity contribution < 1.29 is 19.1 Å². The summed E-state index contributed by atoms with van der Waals surface area (Å²) in [5, 5.41) is 2.88. The number of imide groups is 1. The number of rotatable bonds is 7. The van der Waals surface area contributed by atoms with Crippen LogP contribution in [0, 0.1) is 5.92 Å². The highest BCUT2D eigenvalue weighted by atomic mass is 35.5. The molecule has 3 saturated heterocycles. The van der Waals surface area contributed by atoms with Gasteiger partial charge in [-0.15, -0.1) is 0 Å². The van der Waals surface area contributed by atoms with Gasteiger partial charge in [0.1, 0.15) is 5.60 Å². The zero-order chi connectivity index (χ0) is 28.2. The lowest BCUT2D eigenvalue weighted by atomic mass is 9.92. The van der Waals surface area contributed by atoms with Crippen molar-refractivity contribution in [3.05, 3.63) is 23.2 Å². The van der Waals surface area contributed by atoms with Crippen LogP contribution in [0.15, 0.2) is 18.2 Å². The molecule has 0 aromatic heterocycles. The van der Waals surface area contributed by atoms with Crippen molar-refractivity contribution in [2.75, 3.05) is 56.1 Å². The normalized spacial score (nSPS) is 20.0. The van der Waals surface area contributed by atoms with Crippen LogP contribution in [-0.4, -0.2) is 85.8 Å². The van der Waals surface area contributed by atoms with E-state index in [1.165, 1.54) is 12.8 Å². The van der Waals surface area contributed by atoms with E-state index in [2.05, 4.69) is 22.2 Å². The van der Waals surface area contributed by atoms with Crippen LogP contribution in [0.1, 0.15) is 65.7 Å². The molecule has 1 aromatic carbocycles. The van der Waals surface area contributed by atoms with Crippen molar-refractivity contribution in [3.8, 4) is 0 Å². The molecule has 0 saturated carbocycles. The number of ether oxygens (including phenoxy) is 1. The number of piperidine rings is 2. The summed E-state index contributed by atoms with van der Waals surface area (Å²) in [4.78, 5) is 44.4. The summed E-state index contributed by atoms with van der Waals surface area (Å²) in [5.41, 5.74) is 1.26. The molecule has 0 aliphatic carbocycles. The number of carbonyl (C=O) groups is 3. The van der Waals surface area contributed by atoms with Crippen LogP contribution >= 0.6 is 11.6 Å². The topological polar surface area (TPSA) is 85.4 Å². The fourth-order valence-electron chi connectivity index (χ4n) is 5.81. The summed E-state index contributed by atoms with van der Waals surface area (Å²) >= 11 is 6.43. The molecular formula is C29H44ClN5O4. The summed E-state index contributed by atoms with van der Waals surface area (Å²) in [6, 6.07) is 5.96. The number of nitrogens with one attached hydrogen (secondary N) is 1. The quantitative estimate of drug-likeness (QED) is 0.498. The molecule has 0 unspecified atom stereocenters. The predicted molar refractivity (Wildman–Crippen MR) is 155 cm³/mol. The van der Waals surface area contributed by atoms with E-state index in [9.17, 15) is 14.4 Å². The molecule has 10 heteroatoms. The zero-order valence-electron chi connectivity index (χ0n) is 23.9. The summed E-state index contributed by atoms with van der Waals surface area (Å²) in [6.07, 6.45) is 6.75. The lowest BCUT2D eigenvalue weighted by molar-refractivity contribution is -0.120. The monoisotopic (exact) mass is 561 g/mol. The Morgan fingerprint density at radius 2 is 1.77 bits per heavy atom. The number of amides is 4. The van der Waals surface area contributed by atoms with Gasteiger partial charge in [-0.05, 0) is 97.0 Å². The Labute approximate surface area is 237 Å². The number of hydrogen-bond acceptors (Lipinski definition) is 6. The van der Waals surface area contributed by atoms with Crippen LogP contribution in [0.25, 0.3) is 0 Å². The molecule has 0 radical (unpaired) electrons. The standard InChI is InChI=1S/C29H44ClN5O4/c1-29(2,3)39-28(38)34-15-9-21(10-16-34)6-5-14-32(4)22-11-17-33(18-12-22)23-7-8-24(30)25(20-23)35-19-13-26(36)31-27(35)37/h7-8,20-22H,5-6,9-19H2,1-4H3,(H,31,36,37). The maximum absolute atomic E-state index is 12.3. The van der Waals surface area contributed by atoms with Crippen LogP contribution in [-0.2, 0) is 9.53 Å². The van der Waals surface area contributed by atoms with Crippen LogP contribution in [0.4, 0.5) is 21.0 Å². The van der Waals surface area contributed by atoms with Gasteiger partial charge in [-0.1, -0.05) is 11.6 Å². The van der Waals surface area contributed by atoms with Gasteiger partial charge in [0, 0.05) is 50.9 Å². The molecule has 0 spiro atoms. The molecule has 9 nitrogen and oxygen atoms in total. The number of carbonyl (C=O) groups excluding carboxylic acids is 3. The Morgan fingerprint density at radius 3 is 2.41 bits per heavy atom. The third-order valence-electron chi connectivity index (χ3n) is 8.12. The van der Waals surface area contributed by atoms with Crippen molar-refractivity contribution in [1.82, 2.24) is 15.1 Å². The van der Waals surface area contributed by atoms with Crippen LogP contribution in [0.5, 0.6) is 0 Å². The summed E-state index contributed by atoms with van der Waals surface area (Å²) in [6.45, 7) is 10.6. The second-order valence-electron chi connectivity index (χ2n) is 12.1. The van der Waals surface area contributed by atoms with Crippen molar-refractivity contribution in [2.45, 2.75) is 77.4 Å². The summed E-state index contributed by atoms with van der Waals surface area (Å²) in [5.74, 6) is 0.427. The van der Waals surface area contributed by atoms with Crippen LogP contribution in [0.2, 0.25) is 5.02 Å². The van der Waals surface area contributed by atoms with E-state index in [0.29, 0.717) is 29.2 Å². The summed E-state index contributed by atoms with van der Waals surface area (Å²) < 4.78 is 5.52. The van der Waals surface area contributed by atoms with Gasteiger partial charge in [-0.2, -0.15) is 0 Å². The molecule has 3 aliphatic rings. The Bertz CT molecular complexity index is 1030. The van der Waals surface area contributed by atoms with E-state index < -0.39 is 11.6 Å². The van der Waals surface area contributed by atoms with E-state index in [-0.39, 0.29) is 18.4 Å². The van der Waals surface area contributed by atoms with Gasteiger partial charge >= 0.3 is 12.1 Å². The van der Waals surface area contributed by atoms with E-state index >= 15 is 0 Å². The van der Waals surface area contributed by atoms with Crippen molar-refractivity contribution in [2.24, 2.45) is 5.92 Å². The van der Waals surface area contributed by atoms with Crippen molar-refractivity contribution >= 4 is 41.0 Å². The van der Waals surface area contributed by atoms with Gasteiger partial charge in [-0.3, -0.25) is 15.0 Å². The second-order valence-corrected chi connectivity index (χ2v) is 12.5. The molecule has 3 heterocycles. The fraction of sp³-hybridized carbons (Fsp3) is 0.690. The Morgan fingerprint density at radius 1 is 1.08 bits per heavy atom. The highest BCUT2D eigenvalue weighted by molar-refractivity contribution is 6.34. The lowest BCUT2D eigenvalue weighted by Gasteiger charge is -2.38. The third kappa shape index (κ3) is 8.01. The SMILES string of the molecule is CN(CCCC1CCN(C(=O)OC(C)(C)C)CC1)C1CCN(c2ccc(Cl)c(N3CCC(=O)NC3=O)c2)CC1. The molecule has 216 valence electrons. The molecule has 4 rings (SSSR count). The van der Waals surface area contributed by atoms with Crippen LogP contribution < -0.4 is 15.1 Å². The largest absolute Gasteiger partial charge is 0.444 e. The van der Waals surface area contributed by atoms with Gasteiger partial charge in [0.15, 0.2) is 0 Å². The molecule has 4 amide bonds. The molecular weight excluding hydrogens is 518 g/mol. The predicted octanol–water partition coefficient (Wildman–Crippen LogP) is 5.11. The first-order chi connectivity index (χ1) is 18.5. The van der Waals surface area contributed by atoms with Crippen molar-refractivity contribution in [1.29, 1.82) is 0 Å². The number of anilines is 2. The average Bonchev–Trinajstić information content (AvgIpc) is 2.89. The van der Waals surface area contributed by atoms with Gasteiger partial charge in [0.2, 0.25) is 5.91 Å². The number of urea groups is 1. The summed E-state index contributed by atoms with van der Waals surface area (Å²) in [7, 11) is 2.24. The Balaban J connectivity index is 1.18.